The smallest absolute Gasteiger partial charge is 0.416 e. The number of primary amides is 1. The monoisotopic (exact) mass is 358 g/mol. The number of hydrogen-bond acceptors (Lipinski definition) is 4. The molecule has 0 saturated carbocycles. The summed E-state index contributed by atoms with van der Waals surface area (Å²) >= 11 is 0. The summed E-state index contributed by atoms with van der Waals surface area (Å²) < 4.78 is 42.7. The van der Waals surface area contributed by atoms with E-state index in [1.54, 1.807) is 0 Å². The van der Waals surface area contributed by atoms with Crippen LogP contribution in [0.5, 0.6) is 0 Å². The van der Waals surface area contributed by atoms with Gasteiger partial charge in [-0.2, -0.15) is 13.2 Å². The molecule has 0 unspecified atom stereocenters. The number of benzene rings is 1. The van der Waals surface area contributed by atoms with Crippen LogP contribution in [0.3, 0.4) is 0 Å². The summed E-state index contributed by atoms with van der Waals surface area (Å²) in [6.07, 6.45) is -3.40. The third kappa shape index (κ3) is 4.94. The molecule has 6 nitrogen and oxygen atoms in total. The average Bonchev–Trinajstić information content (AvgIpc) is 2.58. The Morgan fingerprint density at radius 3 is 2.64 bits per heavy atom. The van der Waals surface area contributed by atoms with Gasteiger partial charge in [-0.15, -0.1) is 0 Å². The first-order valence-corrected chi connectivity index (χ1v) is 7.60. The van der Waals surface area contributed by atoms with Crippen molar-refractivity contribution in [1.29, 1.82) is 0 Å². The Morgan fingerprint density at radius 1 is 1.28 bits per heavy atom. The summed E-state index contributed by atoms with van der Waals surface area (Å²) in [7, 11) is 0. The third-order valence-electron chi connectivity index (χ3n) is 3.93. The molecule has 0 spiro atoms. The van der Waals surface area contributed by atoms with E-state index in [-0.39, 0.29) is 12.1 Å². The van der Waals surface area contributed by atoms with Gasteiger partial charge in [0, 0.05) is 13.1 Å². The Morgan fingerprint density at radius 2 is 2.00 bits per heavy atom. The molecule has 25 heavy (non-hydrogen) atoms. The molecule has 0 radical (unpaired) electrons. The second kappa shape index (κ2) is 7.54. The van der Waals surface area contributed by atoms with E-state index in [0.717, 1.165) is 12.1 Å². The maximum atomic E-state index is 12.6. The van der Waals surface area contributed by atoms with Crippen LogP contribution in [0.15, 0.2) is 24.3 Å². The Hall–Kier alpha value is -2.58. The number of carbonyl (C=O) groups excluding carboxylic acids is 3. The number of piperidine rings is 1. The Balaban J connectivity index is 1.93. The Labute approximate surface area is 141 Å². The number of carbonyl (C=O) groups is 3. The highest BCUT2D eigenvalue weighted by Crippen LogP contribution is 2.29. The molecule has 2 rings (SSSR count). The van der Waals surface area contributed by atoms with Crippen LogP contribution in [0.2, 0.25) is 0 Å². The molecular weight excluding hydrogens is 341 g/mol. The molecule has 1 aliphatic heterocycles. The number of rotatable bonds is 4. The lowest BCUT2D eigenvalue weighted by molar-refractivity contribution is -0.139. The summed E-state index contributed by atoms with van der Waals surface area (Å²) in [5.74, 6) is -2.50. The average molecular weight is 358 g/mol. The van der Waals surface area contributed by atoms with E-state index in [0.29, 0.717) is 25.5 Å². The lowest BCUT2D eigenvalue weighted by Gasteiger charge is -2.31. The van der Waals surface area contributed by atoms with Gasteiger partial charge in [0.2, 0.25) is 5.91 Å². The predicted octanol–water partition coefficient (Wildman–Crippen LogP) is 1.59. The lowest BCUT2D eigenvalue weighted by Crippen LogP contribution is -2.45. The van der Waals surface area contributed by atoms with Gasteiger partial charge in [0.05, 0.1) is 17.0 Å². The van der Waals surface area contributed by atoms with Crippen LogP contribution in [0.1, 0.15) is 28.8 Å². The van der Waals surface area contributed by atoms with Crippen molar-refractivity contribution in [1.82, 2.24) is 4.90 Å². The van der Waals surface area contributed by atoms with E-state index in [1.807, 2.05) is 0 Å². The summed E-state index contributed by atoms with van der Waals surface area (Å²) in [6.45, 7) is -0.0560. The van der Waals surface area contributed by atoms with Gasteiger partial charge < -0.3 is 15.4 Å². The van der Waals surface area contributed by atoms with Gasteiger partial charge in [0.15, 0.2) is 6.61 Å². The van der Waals surface area contributed by atoms with Crippen LogP contribution >= 0.6 is 0 Å². The number of amides is 2. The van der Waals surface area contributed by atoms with Crippen molar-refractivity contribution in [2.75, 3.05) is 19.7 Å². The molecule has 0 aliphatic carbocycles. The molecule has 1 saturated heterocycles. The van der Waals surface area contributed by atoms with Crippen molar-refractivity contribution in [3.63, 3.8) is 0 Å². The fraction of sp³-hybridized carbons (Fsp3) is 0.438. The summed E-state index contributed by atoms with van der Waals surface area (Å²) in [5.41, 5.74) is 3.95. The zero-order valence-corrected chi connectivity index (χ0v) is 13.2. The lowest BCUT2D eigenvalue weighted by atomic mass is 9.97. The molecule has 1 aliphatic rings. The van der Waals surface area contributed by atoms with Gasteiger partial charge in [0.1, 0.15) is 0 Å². The second-order valence-electron chi connectivity index (χ2n) is 5.74. The largest absolute Gasteiger partial charge is 0.452 e. The summed E-state index contributed by atoms with van der Waals surface area (Å²) in [6, 6.07) is 3.76. The fourth-order valence-electron chi connectivity index (χ4n) is 2.56. The first kappa shape index (κ1) is 18.8. The number of likely N-dealkylation sites (tertiary alicyclic amines) is 1. The van der Waals surface area contributed by atoms with Crippen LogP contribution in [-0.4, -0.2) is 42.4 Å². The number of esters is 1. The number of alkyl halides is 3. The summed E-state index contributed by atoms with van der Waals surface area (Å²) in [5, 5.41) is 0. The van der Waals surface area contributed by atoms with Crippen molar-refractivity contribution in [3.05, 3.63) is 35.4 Å². The zero-order chi connectivity index (χ0) is 18.6. The second-order valence-corrected chi connectivity index (χ2v) is 5.74. The highest BCUT2D eigenvalue weighted by atomic mass is 19.4. The van der Waals surface area contributed by atoms with Gasteiger partial charge in [0.25, 0.3) is 5.91 Å². The normalized spacial score (nSPS) is 17.9. The standard InChI is InChI=1S/C16H17F3N2O4/c17-16(18,19)12-5-1-3-10(7-12)15(24)25-9-13(22)21-6-2-4-11(8-21)14(20)23/h1,3,5,7,11H,2,4,6,8-9H2,(H2,20,23)/t11-/m1/s1. The highest BCUT2D eigenvalue weighted by Gasteiger charge is 2.31. The maximum Gasteiger partial charge on any atom is 0.416 e. The molecule has 2 amide bonds. The number of ether oxygens (including phenoxy) is 1. The van der Waals surface area contributed by atoms with E-state index in [9.17, 15) is 27.6 Å². The van der Waals surface area contributed by atoms with Crippen LogP contribution < -0.4 is 5.73 Å². The molecule has 1 aromatic carbocycles. The topological polar surface area (TPSA) is 89.7 Å². The molecule has 1 atom stereocenters. The molecule has 0 aromatic heterocycles. The molecular formula is C16H17F3N2O4. The zero-order valence-electron chi connectivity index (χ0n) is 13.2. The van der Waals surface area contributed by atoms with Crippen LogP contribution in [-0.2, 0) is 20.5 Å². The first-order valence-electron chi connectivity index (χ1n) is 7.60. The molecule has 0 bridgehead atoms. The van der Waals surface area contributed by atoms with Crippen molar-refractivity contribution < 1.29 is 32.3 Å². The Bertz CT molecular complexity index is 676. The minimum Gasteiger partial charge on any atom is -0.452 e. The quantitative estimate of drug-likeness (QED) is 0.828. The summed E-state index contributed by atoms with van der Waals surface area (Å²) in [4.78, 5) is 36.4. The van der Waals surface area contributed by atoms with E-state index >= 15 is 0 Å². The number of halogens is 3. The Kier molecular flexibility index (Phi) is 5.66. The third-order valence-corrected chi connectivity index (χ3v) is 3.93. The number of nitrogens with zero attached hydrogens (tertiary/aromatic N) is 1. The maximum absolute atomic E-state index is 12.6. The molecule has 9 heteroatoms. The SMILES string of the molecule is NC(=O)[C@@H]1CCCN(C(=O)COC(=O)c2cccc(C(F)(F)F)c2)C1. The van der Waals surface area contributed by atoms with Crippen LogP contribution in [0, 0.1) is 5.92 Å². The first-order chi connectivity index (χ1) is 11.7. The molecule has 1 aromatic rings. The van der Waals surface area contributed by atoms with Gasteiger partial charge in [-0.25, -0.2) is 4.79 Å². The van der Waals surface area contributed by atoms with Crippen molar-refractivity contribution in [2.24, 2.45) is 11.7 Å². The van der Waals surface area contributed by atoms with Crippen molar-refractivity contribution in [2.45, 2.75) is 19.0 Å². The van der Waals surface area contributed by atoms with Crippen LogP contribution in [0.4, 0.5) is 13.2 Å². The number of nitrogens with two attached hydrogens (primary N) is 1. The molecule has 136 valence electrons. The van der Waals surface area contributed by atoms with Crippen molar-refractivity contribution >= 4 is 17.8 Å². The van der Waals surface area contributed by atoms with Gasteiger partial charge >= 0.3 is 12.1 Å². The van der Waals surface area contributed by atoms with Gasteiger partial charge in [-0.1, -0.05) is 6.07 Å². The minimum absolute atomic E-state index is 0.148. The van der Waals surface area contributed by atoms with Crippen molar-refractivity contribution in [3.8, 4) is 0 Å². The molecule has 1 heterocycles. The highest BCUT2D eigenvalue weighted by molar-refractivity contribution is 5.91. The van der Waals surface area contributed by atoms with Gasteiger partial charge in [-0.3, -0.25) is 9.59 Å². The predicted molar refractivity (Wildman–Crippen MR) is 80.2 cm³/mol. The molecule has 1 fully saturated rings. The minimum atomic E-state index is -4.58. The fourth-order valence-corrected chi connectivity index (χ4v) is 2.56. The van der Waals surface area contributed by atoms with E-state index < -0.39 is 42.0 Å². The number of hydrogen-bond donors (Lipinski definition) is 1. The van der Waals surface area contributed by atoms with E-state index in [1.165, 1.54) is 11.0 Å². The van der Waals surface area contributed by atoms with Crippen LogP contribution in [0.25, 0.3) is 0 Å². The van der Waals surface area contributed by atoms with E-state index in [2.05, 4.69) is 0 Å². The molecule has 2 N–H and O–H groups in total. The van der Waals surface area contributed by atoms with E-state index in [4.69, 9.17) is 10.5 Å². The van der Waals surface area contributed by atoms with Gasteiger partial charge in [-0.05, 0) is 31.0 Å².